The van der Waals surface area contributed by atoms with Crippen molar-refractivity contribution in [2.24, 2.45) is 0 Å². The van der Waals surface area contributed by atoms with Gasteiger partial charge in [0.1, 0.15) is 11.8 Å². The molecule has 1 aliphatic rings. The second-order valence-electron chi connectivity index (χ2n) is 8.54. The Morgan fingerprint density at radius 3 is 2.58 bits per heavy atom. The van der Waals surface area contributed by atoms with Crippen LogP contribution in [0.1, 0.15) is 49.1 Å². The SMILES string of the molecule is CCC.Cc1cccc(CC(=O)Nc2ccc(-n3c4c(c5ncnc(N)c53)CCC4)cc2)c1. The van der Waals surface area contributed by atoms with Gasteiger partial charge in [-0.1, -0.05) is 50.1 Å². The van der Waals surface area contributed by atoms with E-state index < -0.39 is 0 Å². The number of benzene rings is 2. The summed E-state index contributed by atoms with van der Waals surface area (Å²) < 4.78 is 2.17. The third kappa shape index (κ3) is 4.75. The summed E-state index contributed by atoms with van der Waals surface area (Å²) in [5.74, 6) is 0.461. The van der Waals surface area contributed by atoms with Crippen molar-refractivity contribution in [2.45, 2.75) is 52.9 Å². The average Bonchev–Trinajstić information content (AvgIpc) is 3.37. The first-order chi connectivity index (χ1) is 16.0. The fourth-order valence-corrected chi connectivity index (χ4v) is 4.39. The summed E-state index contributed by atoms with van der Waals surface area (Å²) in [6.45, 7) is 6.28. The molecule has 2 aromatic carbocycles. The van der Waals surface area contributed by atoms with Gasteiger partial charge in [0, 0.05) is 17.1 Å². The number of amides is 1. The van der Waals surface area contributed by atoms with Gasteiger partial charge in [-0.3, -0.25) is 4.79 Å². The van der Waals surface area contributed by atoms with E-state index >= 15 is 0 Å². The van der Waals surface area contributed by atoms with Gasteiger partial charge >= 0.3 is 0 Å². The molecule has 2 heterocycles. The highest BCUT2D eigenvalue weighted by atomic mass is 16.1. The molecule has 0 unspecified atom stereocenters. The third-order valence-electron chi connectivity index (χ3n) is 5.68. The van der Waals surface area contributed by atoms with Crippen molar-refractivity contribution in [3.63, 3.8) is 0 Å². The molecule has 0 bridgehead atoms. The molecule has 0 aliphatic heterocycles. The van der Waals surface area contributed by atoms with Crippen LogP contribution in [0, 0.1) is 6.92 Å². The van der Waals surface area contributed by atoms with Crippen molar-refractivity contribution in [1.29, 1.82) is 0 Å². The Morgan fingerprint density at radius 1 is 1.09 bits per heavy atom. The lowest BCUT2D eigenvalue weighted by Gasteiger charge is -2.12. The molecule has 1 amide bonds. The molecule has 0 atom stereocenters. The molecule has 0 spiro atoms. The van der Waals surface area contributed by atoms with E-state index in [2.05, 4.69) is 33.7 Å². The summed E-state index contributed by atoms with van der Waals surface area (Å²) in [6, 6.07) is 15.9. The Hall–Kier alpha value is -3.67. The lowest BCUT2D eigenvalue weighted by Crippen LogP contribution is -2.14. The highest BCUT2D eigenvalue weighted by Gasteiger charge is 2.25. The Kier molecular flexibility index (Phi) is 6.73. The van der Waals surface area contributed by atoms with E-state index in [4.69, 9.17) is 5.73 Å². The summed E-state index contributed by atoms with van der Waals surface area (Å²) in [7, 11) is 0. The molecule has 6 heteroatoms. The number of carbonyl (C=O) groups is 1. The highest BCUT2D eigenvalue weighted by Crippen LogP contribution is 2.36. The van der Waals surface area contributed by atoms with E-state index in [0.29, 0.717) is 12.2 Å². The molecule has 0 saturated carbocycles. The summed E-state index contributed by atoms with van der Waals surface area (Å²) in [5.41, 5.74) is 14.5. The number of nitrogens with two attached hydrogens (primary N) is 1. The predicted octanol–water partition coefficient (Wildman–Crippen LogP) is 5.40. The van der Waals surface area contributed by atoms with Crippen LogP contribution in [-0.2, 0) is 24.1 Å². The number of hydrogen-bond donors (Lipinski definition) is 2. The van der Waals surface area contributed by atoms with Gasteiger partial charge in [0.15, 0.2) is 5.82 Å². The van der Waals surface area contributed by atoms with E-state index in [0.717, 1.165) is 52.8 Å². The quantitative estimate of drug-likeness (QED) is 0.444. The first-order valence-corrected chi connectivity index (χ1v) is 11.6. The second-order valence-corrected chi connectivity index (χ2v) is 8.54. The van der Waals surface area contributed by atoms with Gasteiger partial charge in [-0.15, -0.1) is 0 Å². The van der Waals surface area contributed by atoms with Crippen LogP contribution in [-0.4, -0.2) is 20.4 Å². The maximum atomic E-state index is 12.4. The van der Waals surface area contributed by atoms with Crippen molar-refractivity contribution < 1.29 is 4.79 Å². The zero-order valence-corrected chi connectivity index (χ0v) is 19.6. The number of carbonyl (C=O) groups excluding carboxylic acids is 1. The normalized spacial score (nSPS) is 12.2. The fraction of sp³-hybridized carbons (Fsp3) is 0.296. The topological polar surface area (TPSA) is 85.8 Å². The van der Waals surface area contributed by atoms with Gasteiger partial charge in [-0.25, -0.2) is 9.97 Å². The monoisotopic (exact) mass is 441 g/mol. The number of nitrogens with one attached hydrogen (secondary N) is 1. The van der Waals surface area contributed by atoms with Crippen LogP contribution >= 0.6 is 0 Å². The van der Waals surface area contributed by atoms with Crippen LogP contribution in [0.15, 0.2) is 54.9 Å². The Bertz CT molecular complexity index is 1270. The number of rotatable bonds is 4. The van der Waals surface area contributed by atoms with Gasteiger partial charge in [0.2, 0.25) is 5.91 Å². The Morgan fingerprint density at radius 2 is 1.85 bits per heavy atom. The first-order valence-electron chi connectivity index (χ1n) is 11.6. The summed E-state index contributed by atoms with van der Waals surface area (Å²) >= 11 is 0. The zero-order chi connectivity index (χ0) is 23.4. The zero-order valence-electron chi connectivity index (χ0n) is 19.6. The van der Waals surface area contributed by atoms with Gasteiger partial charge in [0.05, 0.1) is 11.9 Å². The molecule has 3 N–H and O–H groups in total. The van der Waals surface area contributed by atoms with Crippen LogP contribution in [0.4, 0.5) is 11.5 Å². The number of anilines is 2. The minimum Gasteiger partial charge on any atom is -0.382 e. The van der Waals surface area contributed by atoms with E-state index in [1.165, 1.54) is 24.0 Å². The summed E-state index contributed by atoms with van der Waals surface area (Å²) in [4.78, 5) is 21.1. The van der Waals surface area contributed by atoms with Crippen molar-refractivity contribution in [2.75, 3.05) is 11.1 Å². The van der Waals surface area contributed by atoms with Crippen LogP contribution in [0.2, 0.25) is 0 Å². The van der Waals surface area contributed by atoms with Gasteiger partial charge in [-0.2, -0.15) is 0 Å². The number of aromatic nitrogens is 3. The summed E-state index contributed by atoms with van der Waals surface area (Å²) in [6.07, 6.45) is 6.28. The van der Waals surface area contributed by atoms with Gasteiger partial charge in [0.25, 0.3) is 0 Å². The fourth-order valence-electron chi connectivity index (χ4n) is 4.39. The average molecular weight is 442 g/mol. The molecule has 1 aliphatic carbocycles. The predicted molar refractivity (Wildman–Crippen MR) is 135 cm³/mol. The van der Waals surface area contributed by atoms with Crippen LogP contribution in [0.5, 0.6) is 0 Å². The number of fused-ring (bicyclic) bond motifs is 3. The number of nitrogen functional groups attached to an aromatic ring is 1. The number of aryl methyl sites for hydroxylation is 2. The molecular formula is C27H31N5O. The highest BCUT2D eigenvalue weighted by molar-refractivity contribution is 5.93. The maximum absolute atomic E-state index is 12.4. The molecule has 0 saturated heterocycles. The molecular weight excluding hydrogens is 410 g/mol. The Labute approximate surface area is 194 Å². The lowest BCUT2D eigenvalue weighted by atomic mass is 10.1. The van der Waals surface area contributed by atoms with Crippen molar-refractivity contribution in [3.05, 3.63) is 77.2 Å². The van der Waals surface area contributed by atoms with Crippen molar-refractivity contribution in [3.8, 4) is 5.69 Å². The Balaban J connectivity index is 0.000000821. The lowest BCUT2D eigenvalue weighted by molar-refractivity contribution is -0.115. The van der Waals surface area contributed by atoms with E-state index in [1.807, 2.05) is 55.5 Å². The first kappa shape index (κ1) is 22.5. The molecule has 0 fully saturated rings. The molecule has 0 radical (unpaired) electrons. The third-order valence-corrected chi connectivity index (χ3v) is 5.68. The van der Waals surface area contributed by atoms with Crippen molar-refractivity contribution >= 4 is 28.4 Å². The smallest absolute Gasteiger partial charge is 0.228 e. The summed E-state index contributed by atoms with van der Waals surface area (Å²) in [5, 5.41) is 2.99. The molecule has 5 rings (SSSR count). The molecule has 2 aromatic heterocycles. The molecule has 33 heavy (non-hydrogen) atoms. The second kappa shape index (κ2) is 9.86. The van der Waals surface area contributed by atoms with Gasteiger partial charge in [-0.05, 0) is 61.6 Å². The van der Waals surface area contributed by atoms with Gasteiger partial charge < -0.3 is 15.6 Å². The van der Waals surface area contributed by atoms with Crippen LogP contribution in [0.3, 0.4) is 0 Å². The number of hydrogen-bond acceptors (Lipinski definition) is 4. The minimum atomic E-state index is -0.0294. The maximum Gasteiger partial charge on any atom is 0.228 e. The van der Waals surface area contributed by atoms with Crippen LogP contribution in [0.25, 0.3) is 16.7 Å². The van der Waals surface area contributed by atoms with Crippen molar-refractivity contribution in [1.82, 2.24) is 14.5 Å². The van der Waals surface area contributed by atoms with E-state index in [-0.39, 0.29) is 5.91 Å². The van der Waals surface area contributed by atoms with E-state index in [1.54, 1.807) is 0 Å². The number of nitrogens with zero attached hydrogens (tertiary/aromatic N) is 3. The van der Waals surface area contributed by atoms with E-state index in [9.17, 15) is 4.79 Å². The standard InChI is InChI=1S/C24H23N5O.C3H8/c1-15-4-2-5-16(12-15)13-21(30)28-17-8-10-18(11-9-17)29-20-7-3-6-19(20)22-23(29)24(25)27-14-26-22;1-3-2/h2,4-5,8-12,14H,3,6-7,13H2,1H3,(H,28,30)(H2,25,26,27);3H2,1-2H3. The minimum absolute atomic E-state index is 0.0294. The molecule has 4 aromatic rings. The van der Waals surface area contributed by atoms with Crippen LogP contribution < -0.4 is 11.1 Å². The molecule has 6 nitrogen and oxygen atoms in total. The largest absolute Gasteiger partial charge is 0.382 e. The molecule has 170 valence electrons.